The van der Waals surface area contributed by atoms with Gasteiger partial charge in [-0.25, -0.2) is 10.2 Å². The van der Waals surface area contributed by atoms with Crippen molar-refractivity contribution >= 4 is 40.5 Å². The number of esters is 1. The lowest BCUT2D eigenvalue weighted by Gasteiger charge is -2.10. The van der Waals surface area contributed by atoms with E-state index in [1.165, 1.54) is 6.21 Å². The summed E-state index contributed by atoms with van der Waals surface area (Å²) in [5.41, 5.74) is 3.95. The number of hydrogen-bond acceptors (Lipinski definition) is 4. The second kappa shape index (κ2) is 9.24. The molecule has 1 N–H and O–H groups in total. The number of fused-ring (bicyclic) bond motifs is 1. The fourth-order valence-electron chi connectivity index (χ4n) is 3.05. The van der Waals surface area contributed by atoms with Gasteiger partial charge in [-0.1, -0.05) is 60.1 Å². The fraction of sp³-hybridized carbons (Fsp3) is 0. The largest absolute Gasteiger partial charge is 0.422 e. The van der Waals surface area contributed by atoms with E-state index in [0.29, 0.717) is 27.5 Å². The van der Waals surface area contributed by atoms with Crippen molar-refractivity contribution in [2.24, 2.45) is 5.10 Å². The molecular weight excluding hydrogens is 412 g/mol. The third kappa shape index (κ3) is 4.79. The van der Waals surface area contributed by atoms with Gasteiger partial charge in [-0.2, -0.15) is 5.10 Å². The van der Waals surface area contributed by atoms with E-state index in [2.05, 4.69) is 10.5 Å². The van der Waals surface area contributed by atoms with E-state index in [9.17, 15) is 9.59 Å². The predicted molar refractivity (Wildman–Crippen MR) is 122 cm³/mol. The number of ether oxygens (including phenoxy) is 1. The number of carbonyl (C=O) groups excluding carboxylic acids is 2. The summed E-state index contributed by atoms with van der Waals surface area (Å²) in [6, 6.07) is 26.4. The standard InChI is InChI=1S/C25H17ClN2O3/c26-20-13-10-19(11-14-20)25(30)31-23-15-12-17-6-4-5-9-21(17)22(23)16-27-28-24(29)18-7-2-1-3-8-18/h1-16H,(H,28,29). The fourth-order valence-corrected chi connectivity index (χ4v) is 3.18. The highest BCUT2D eigenvalue weighted by molar-refractivity contribution is 6.30. The van der Waals surface area contributed by atoms with Gasteiger partial charge in [0.2, 0.25) is 0 Å². The highest BCUT2D eigenvalue weighted by Gasteiger charge is 2.13. The Balaban J connectivity index is 1.63. The summed E-state index contributed by atoms with van der Waals surface area (Å²) in [4.78, 5) is 24.9. The van der Waals surface area contributed by atoms with Crippen LogP contribution in [0, 0.1) is 0 Å². The molecule has 1 amide bonds. The number of amides is 1. The molecule has 0 heterocycles. The maximum atomic E-state index is 12.6. The Morgan fingerprint density at radius 2 is 1.52 bits per heavy atom. The van der Waals surface area contributed by atoms with Crippen LogP contribution < -0.4 is 10.2 Å². The number of halogens is 1. The lowest BCUT2D eigenvalue weighted by atomic mass is 10.0. The molecule has 0 unspecified atom stereocenters. The first-order chi connectivity index (χ1) is 15.1. The van der Waals surface area contributed by atoms with E-state index in [-0.39, 0.29) is 5.91 Å². The normalized spacial score (nSPS) is 10.9. The Hall–Kier alpha value is -3.96. The van der Waals surface area contributed by atoms with Crippen molar-refractivity contribution in [2.45, 2.75) is 0 Å². The average molecular weight is 429 g/mol. The molecule has 152 valence electrons. The van der Waals surface area contributed by atoms with Crippen LogP contribution in [-0.4, -0.2) is 18.1 Å². The van der Waals surface area contributed by atoms with Gasteiger partial charge >= 0.3 is 5.97 Å². The van der Waals surface area contributed by atoms with Crippen LogP contribution in [0.4, 0.5) is 0 Å². The first-order valence-corrected chi connectivity index (χ1v) is 9.87. The van der Waals surface area contributed by atoms with Gasteiger partial charge < -0.3 is 4.74 Å². The highest BCUT2D eigenvalue weighted by Crippen LogP contribution is 2.27. The number of benzene rings is 4. The van der Waals surface area contributed by atoms with Crippen molar-refractivity contribution in [1.29, 1.82) is 0 Å². The average Bonchev–Trinajstić information content (AvgIpc) is 2.81. The molecular formula is C25H17ClN2O3. The van der Waals surface area contributed by atoms with Gasteiger partial charge in [0.25, 0.3) is 5.91 Å². The molecule has 0 bridgehead atoms. The summed E-state index contributed by atoms with van der Waals surface area (Å²) in [7, 11) is 0. The molecule has 0 spiro atoms. The van der Waals surface area contributed by atoms with Crippen LogP contribution >= 0.6 is 11.6 Å². The van der Waals surface area contributed by atoms with E-state index in [1.54, 1.807) is 54.6 Å². The third-order valence-electron chi connectivity index (χ3n) is 4.61. The Bertz CT molecular complexity index is 1270. The van der Waals surface area contributed by atoms with Gasteiger partial charge in [-0.15, -0.1) is 0 Å². The van der Waals surface area contributed by atoms with Crippen molar-refractivity contribution in [3.8, 4) is 5.75 Å². The third-order valence-corrected chi connectivity index (χ3v) is 4.86. The second-order valence-electron chi connectivity index (χ2n) is 6.66. The van der Waals surface area contributed by atoms with Gasteiger partial charge in [0.15, 0.2) is 0 Å². The number of carbonyl (C=O) groups is 2. The summed E-state index contributed by atoms with van der Waals surface area (Å²) < 4.78 is 5.64. The molecule has 0 fully saturated rings. The monoisotopic (exact) mass is 428 g/mol. The second-order valence-corrected chi connectivity index (χ2v) is 7.10. The maximum Gasteiger partial charge on any atom is 0.343 e. The molecule has 4 aromatic carbocycles. The smallest absolute Gasteiger partial charge is 0.343 e. The molecule has 6 heteroatoms. The Kier molecular flexibility index (Phi) is 6.05. The van der Waals surface area contributed by atoms with Gasteiger partial charge in [0.05, 0.1) is 11.8 Å². The van der Waals surface area contributed by atoms with Gasteiger partial charge in [0.1, 0.15) is 5.75 Å². The molecule has 0 aromatic heterocycles. The lowest BCUT2D eigenvalue weighted by Crippen LogP contribution is -2.17. The molecule has 0 radical (unpaired) electrons. The zero-order valence-corrected chi connectivity index (χ0v) is 17.0. The quantitative estimate of drug-likeness (QED) is 0.198. The molecule has 4 rings (SSSR count). The molecule has 0 saturated carbocycles. The van der Waals surface area contributed by atoms with Crippen LogP contribution in [0.2, 0.25) is 5.02 Å². The van der Waals surface area contributed by atoms with Crippen LogP contribution in [0.25, 0.3) is 10.8 Å². The van der Waals surface area contributed by atoms with E-state index in [4.69, 9.17) is 16.3 Å². The van der Waals surface area contributed by atoms with E-state index >= 15 is 0 Å². The van der Waals surface area contributed by atoms with Crippen LogP contribution in [0.1, 0.15) is 26.3 Å². The first kappa shape index (κ1) is 20.3. The number of hydrogen-bond donors (Lipinski definition) is 1. The number of rotatable bonds is 5. The number of hydrazone groups is 1. The molecule has 0 aliphatic rings. The van der Waals surface area contributed by atoms with E-state index < -0.39 is 5.97 Å². The minimum atomic E-state index is -0.519. The summed E-state index contributed by atoms with van der Waals surface area (Å²) in [5, 5.41) is 6.40. The number of nitrogens with zero attached hydrogens (tertiary/aromatic N) is 1. The van der Waals surface area contributed by atoms with Crippen LogP contribution in [0.5, 0.6) is 5.75 Å². The van der Waals surface area contributed by atoms with Crippen LogP contribution in [0.3, 0.4) is 0 Å². The zero-order valence-electron chi connectivity index (χ0n) is 16.3. The molecule has 0 aliphatic heterocycles. The Labute approximate surface area is 183 Å². The van der Waals surface area contributed by atoms with Crippen molar-refractivity contribution in [2.75, 3.05) is 0 Å². The molecule has 5 nitrogen and oxygen atoms in total. The van der Waals surface area contributed by atoms with Crippen LogP contribution in [-0.2, 0) is 0 Å². The molecule has 0 atom stereocenters. The Morgan fingerprint density at radius 3 is 2.29 bits per heavy atom. The SMILES string of the molecule is O=C(NN=Cc1c(OC(=O)c2ccc(Cl)cc2)ccc2ccccc12)c1ccccc1. The first-order valence-electron chi connectivity index (χ1n) is 9.50. The van der Waals surface area contributed by atoms with Gasteiger partial charge in [-0.3, -0.25) is 4.79 Å². The van der Waals surface area contributed by atoms with E-state index in [0.717, 1.165) is 10.8 Å². The molecule has 0 saturated heterocycles. The maximum absolute atomic E-state index is 12.6. The highest BCUT2D eigenvalue weighted by atomic mass is 35.5. The summed E-state index contributed by atoms with van der Waals surface area (Å²) in [6.45, 7) is 0. The number of nitrogens with one attached hydrogen (secondary N) is 1. The molecule has 31 heavy (non-hydrogen) atoms. The van der Waals surface area contributed by atoms with Gasteiger partial charge in [0, 0.05) is 16.1 Å². The molecule has 0 aliphatic carbocycles. The predicted octanol–water partition coefficient (Wildman–Crippen LogP) is 5.48. The van der Waals surface area contributed by atoms with Crippen molar-refractivity contribution in [1.82, 2.24) is 5.43 Å². The minimum absolute atomic E-state index is 0.330. The molecule has 4 aromatic rings. The van der Waals surface area contributed by atoms with Crippen molar-refractivity contribution in [3.63, 3.8) is 0 Å². The zero-order chi connectivity index (χ0) is 21.6. The summed E-state index contributed by atoms with van der Waals surface area (Å²) in [6.07, 6.45) is 1.48. The van der Waals surface area contributed by atoms with Crippen molar-refractivity contribution in [3.05, 3.63) is 113 Å². The lowest BCUT2D eigenvalue weighted by molar-refractivity contribution is 0.0734. The summed E-state index contributed by atoms with van der Waals surface area (Å²) in [5.74, 6) is -0.525. The Morgan fingerprint density at radius 1 is 0.806 bits per heavy atom. The van der Waals surface area contributed by atoms with E-state index in [1.807, 2.05) is 36.4 Å². The topological polar surface area (TPSA) is 67.8 Å². The van der Waals surface area contributed by atoms with Crippen LogP contribution in [0.15, 0.2) is 96.1 Å². The minimum Gasteiger partial charge on any atom is -0.422 e. The van der Waals surface area contributed by atoms with Crippen molar-refractivity contribution < 1.29 is 14.3 Å². The summed E-state index contributed by atoms with van der Waals surface area (Å²) >= 11 is 5.89. The van der Waals surface area contributed by atoms with Gasteiger partial charge in [-0.05, 0) is 53.2 Å².